The first-order valence-corrected chi connectivity index (χ1v) is 6.69. The maximum absolute atomic E-state index is 11.9. The Labute approximate surface area is 102 Å². The number of benzene rings is 1. The third kappa shape index (κ3) is 1.71. The Kier molecular flexibility index (Phi) is 2.75. The van der Waals surface area contributed by atoms with Crippen molar-refractivity contribution in [1.29, 1.82) is 0 Å². The number of nitrogens with two attached hydrogens (primary N) is 1. The summed E-state index contributed by atoms with van der Waals surface area (Å²) in [6.07, 6.45) is 7.41. The van der Waals surface area contributed by atoms with Crippen LogP contribution in [-0.2, 0) is 12.8 Å². The normalized spacial score (nSPS) is 22.1. The maximum atomic E-state index is 11.9. The molecule has 2 N–H and O–H groups in total. The van der Waals surface area contributed by atoms with Gasteiger partial charge in [-0.2, -0.15) is 0 Å². The zero-order valence-electron chi connectivity index (χ0n) is 10.2. The lowest BCUT2D eigenvalue weighted by Gasteiger charge is -2.33. The van der Waals surface area contributed by atoms with Crippen LogP contribution in [-0.4, -0.2) is 12.3 Å². The molecule has 0 amide bonds. The molecule has 1 unspecified atom stereocenters. The van der Waals surface area contributed by atoms with Gasteiger partial charge in [0.25, 0.3) is 0 Å². The molecule has 1 aromatic rings. The molecular weight excluding hydrogens is 210 g/mol. The molecule has 0 aliphatic heterocycles. The highest BCUT2D eigenvalue weighted by atomic mass is 16.1. The largest absolute Gasteiger partial charge is 0.324 e. The summed E-state index contributed by atoms with van der Waals surface area (Å²) in [6.45, 7) is 0.135. The Bertz CT molecular complexity index is 462. The van der Waals surface area contributed by atoms with Gasteiger partial charge < -0.3 is 5.73 Å². The first kappa shape index (κ1) is 11.0. The Morgan fingerprint density at radius 3 is 2.76 bits per heavy atom. The SMILES string of the molecule is NCC(=O)c1ccc2c3c1CCCC3CCC2. The van der Waals surface area contributed by atoms with Crippen molar-refractivity contribution in [3.8, 4) is 0 Å². The van der Waals surface area contributed by atoms with Gasteiger partial charge in [0.2, 0.25) is 0 Å². The molecule has 90 valence electrons. The molecule has 3 rings (SSSR count). The molecule has 0 spiro atoms. The highest BCUT2D eigenvalue weighted by Crippen LogP contribution is 2.42. The Hall–Kier alpha value is -1.15. The van der Waals surface area contributed by atoms with Crippen molar-refractivity contribution in [1.82, 2.24) is 0 Å². The van der Waals surface area contributed by atoms with E-state index >= 15 is 0 Å². The lowest BCUT2D eigenvalue weighted by atomic mass is 9.72. The van der Waals surface area contributed by atoms with Gasteiger partial charge in [-0.1, -0.05) is 12.1 Å². The minimum Gasteiger partial charge on any atom is -0.324 e. The third-order valence-corrected chi connectivity index (χ3v) is 4.32. The molecule has 0 aromatic heterocycles. The fourth-order valence-electron chi connectivity index (χ4n) is 3.58. The van der Waals surface area contributed by atoms with E-state index in [1.165, 1.54) is 48.8 Å². The second kappa shape index (κ2) is 4.26. The van der Waals surface area contributed by atoms with Crippen molar-refractivity contribution in [2.24, 2.45) is 5.73 Å². The van der Waals surface area contributed by atoms with Crippen LogP contribution in [0.25, 0.3) is 0 Å². The van der Waals surface area contributed by atoms with Gasteiger partial charge in [-0.05, 0) is 61.1 Å². The number of Topliss-reactive ketones (excluding diaryl/α,β-unsaturated/α-hetero) is 1. The summed E-state index contributed by atoms with van der Waals surface area (Å²) in [5, 5.41) is 0. The van der Waals surface area contributed by atoms with Crippen molar-refractivity contribution < 1.29 is 4.79 Å². The maximum Gasteiger partial charge on any atom is 0.176 e. The molecule has 2 aliphatic rings. The van der Waals surface area contributed by atoms with Crippen molar-refractivity contribution in [3.05, 3.63) is 34.4 Å². The van der Waals surface area contributed by atoms with Crippen molar-refractivity contribution in [3.63, 3.8) is 0 Å². The van der Waals surface area contributed by atoms with E-state index in [0.717, 1.165) is 12.0 Å². The topological polar surface area (TPSA) is 43.1 Å². The van der Waals surface area contributed by atoms with Crippen LogP contribution in [0.2, 0.25) is 0 Å². The Morgan fingerprint density at radius 1 is 1.24 bits per heavy atom. The number of rotatable bonds is 2. The summed E-state index contributed by atoms with van der Waals surface area (Å²) >= 11 is 0. The van der Waals surface area contributed by atoms with Gasteiger partial charge in [-0.3, -0.25) is 4.79 Å². The van der Waals surface area contributed by atoms with E-state index < -0.39 is 0 Å². The van der Waals surface area contributed by atoms with E-state index in [9.17, 15) is 4.79 Å². The Balaban J connectivity index is 2.16. The molecule has 2 aliphatic carbocycles. The number of carbonyl (C=O) groups is 1. The van der Waals surface area contributed by atoms with Gasteiger partial charge in [0.15, 0.2) is 5.78 Å². The predicted octanol–water partition coefficient (Wildman–Crippen LogP) is 2.58. The van der Waals surface area contributed by atoms with E-state index in [-0.39, 0.29) is 12.3 Å². The first-order chi connectivity index (χ1) is 8.31. The average molecular weight is 229 g/mol. The van der Waals surface area contributed by atoms with Crippen LogP contribution >= 0.6 is 0 Å². The van der Waals surface area contributed by atoms with Crippen molar-refractivity contribution in [2.75, 3.05) is 6.54 Å². The van der Waals surface area contributed by atoms with E-state index in [4.69, 9.17) is 5.73 Å². The second-order valence-electron chi connectivity index (χ2n) is 5.27. The molecular formula is C15H19NO. The zero-order chi connectivity index (χ0) is 11.8. The molecule has 0 fully saturated rings. The number of aryl methyl sites for hydroxylation is 1. The number of ketones is 1. The monoisotopic (exact) mass is 229 g/mol. The Morgan fingerprint density at radius 2 is 2.00 bits per heavy atom. The van der Waals surface area contributed by atoms with E-state index in [0.29, 0.717) is 5.92 Å². The third-order valence-electron chi connectivity index (χ3n) is 4.32. The summed E-state index contributed by atoms with van der Waals surface area (Å²) in [5.74, 6) is 0.821. The minimum absolute atomic E-state index is 0.106. The van der Waals surface area contributed by atoms with Crippen LogP contribution in [0.5, 0.6) is 0 Å². The summed E-state index contributed by atoms with van der Waals surface area (Å²) in [4.78, 5) is 11.9. The molecule has 0 saturated heterocycles. The smallest absolute Gasteiger partial charge is 0.176 e. The molecule has 0 bridgehead atoms. The fourth-order valence-corrected chi connectivity index (χ4v) is 3.58. The van der Waals surface area contributed by atoms with Crippen molar-refractivity contribution in [2.45, 2.75) is 44.4 Å². The quantitative estimate of drug-likeness (QED) is 0.792. The number of carbonyl (C=O) groups excluding carboxylic acids is 1. The van der Waals surface area contributed by atoms with Crippen LogP contribution in [0, 0.1) is 0 Å². The average Bonchev–Trinajstić information content (AvgIpc) is 2.39. The summed E-state index contributed by atoms with van der Waals surface area (Å²) in [5.41, 5.74) is 10.7. The molecule has 2 heteroatoms. The van der Waals surface area contributed by atoms with Crippen LogP contribution in [0.1, 0.15) is 58.6 Å². The summed E-state index contributed by atoms with van der Waals surface area (Å²) < 4.78 is 0. The highest BCUT2D eigenvalue weighted by Gasteiger charge is 2.28. The molecule has 1 atom stereocenters. The van der Waals surface area contributed by atoms with Crippen LogP contribution in [0.4, 0.5) is 0 Å². The van der Waals surface area contributed by atoms with Gasteiger partial charge in [0, 0.05) is 5.56 Å². The first-order valence-electron chi connectivity index (χ1n) is 6.69. The molecule has 2 nitrogen and oxygen atoms in total. The molecule has 0 radical (unpaired) electrons. The summed E-state index contributed by atoms with van der Waals surface area (Å²) in [7, 11) is 0. The van der Waals surface area contributed by atoms with Crippen LogP contribution in [0.3, 0.4) is 0 Å². The van der Waals surface area contributed by atoms with E-state index in [1.54, 1.807) is 0 Å². The molecule has 1 aromatic carbocycles. The van der Waals surface area contributed by atoms with Crippen molar-refractivity contribution >= 4 is 5.78 Å². The standard InChI is InChI=1S/C15H19NO/c16-9-14(17)12-8-7-11-4-1-3-10-5-2-6-13(12)15(10)11/h7-8,10H,1-6,9,16H2. The lowest BCUT2D eigenvalue weighted by molar-refractivity contribution is 0.1000. The van der Waals surface area contributed by atoms with Crippen LogP contribution in [0.15, 0.2) is 12.1 Å². The summed E-state index contributed by atoms with van der Waals surface area (Å²) in [6, 6.07) is 4.18. The zero-order valence-corrected chi connectivity index (χ0v) is 10.2. The molecule has 17 heavy (non-hydrogen) atoms. The second-order valence-corrected chi connectivity index (χ2v) is 5.27. The number of hydrogen-bond donors (Lipinski definition) is 1. The van der Waals surface area contributed by atoms with Gasteiger partial charge >= 0.3 is 0 Å². The van der Waals surface area contributed by atoms with E-state index in [2.05, 4.69) is 6.07 Å². The van der Waals surface area contributed by atoms with Crippen LogP contribution < -0.4 is 5.73 Å². The fraction of sp³-hybridized carbons (Fsp3) is 0.533. The van der Waals surface area contributed by atoms with Gasteiger partial charge in [0.1, 0.15) is 0 Å². The molecule has 0 heterocycles. The lowest BCUT2D eigenvalue weighted by Crippen LogP contribution is -2.22. The number of hydrogen-bond acceptors (Lipinski definition) is 2. The molecule has 0 saturated carbocycles. The van der Waals surface area contributed by atoms with Gasteiger partial charge in [0.05, 0.1) is 6.54 Å². The van der Waals surface area contributed by atoms with E-state index in [1.807, 2.05) is 6.07 Å². The van der Waals surface area contributed by atoms with Gasteiger partial charge in [-0.25, -0.2) is 0 Å². The van der Waals surface area contributed by atoms with Gasteiger partial charge in [-0.15, -0.1) is 0 Å². The minimum atomic E-state index is 0.106. The highest BCUT2D eigenvalue weighted by molar-refractivity contribution is 5.99. The predicted molar refractivity (Wildman–Crippen MR) is 68.4 cm³/mol.